The van der Waals surface area contributed by atoms with Gasteiger partial charge < -0.3 is 5.32 Å². The van der Waals surface area contributed by atoms with Crippen molar-refractivity contribution in [3.05, 3.63) is 86.6 Å². The monoisotopic (exact) mass is 412 g/mol. The molecule has 0 aliphatic heterocycles. The minimum absolute atomic E-state index is 0.0330. The number of carbonyl (C=O) groups is 1. The van der Waals surface area contributed by atoms with Crippen LogP contribution in [0, 0.1) is 10.1 Å². The molecule has 150 valence electrons. The SMILES string of the molecule is CC(C)(C)c1cc(NC(=O)c2cc([N+](=O)[O-])ccc2Cl)n(Cc2ccccc2)n1. The molecule has 0 unspecified atom stereocenters. The number of hydrogen-bond donors (Lipinski definition) is 1. The summed E-state index contributed by atoms with van der Waals surface area (Å²) in [6.07, 6.45) is 0. The first kappa shape index (κ1) is 20.5. The van der Waals surface area contributed by atoms with Crippen molar-refractivity contribution in [1.29, 1.82) is 0 Å². The number of nitro benzene ring substituents is 1. The van der Waals surface area contributed by atoms with Crippen LogP contribution >= 0.6 is 11.6 Å². The van der Waals surface area contributed by atoms with Crippen LogP contribution in [0.2, 0.25) is 5.02 Å². The van der Waals surface area contributed by atoms with E-state index in [2.05, 4.69) is 10.4 Å². The maximum Gasteiger partial charge on any atom is 0.270 e. The maximum absolute atomic E-state index is 12.8. The number of nitrogens with one attached hydrogen (secondary N) is 1. The van der Waals surface area contributed by atoms with Gasteiger partial charge in [0.15, 0.2) is 0 Å². The molecule has 1 aromatic heterocycles. The predicted octanol–water partition coefficient (Wildman–Crippen LogP) is 5.04. The Kier molecular flexibility index (Phi) is 5.70. The summed E-state index contributed by atoms with van der Waals surface area (Å²) in [7, 11) is 0. The number of nitrogens with zero attached hydrogens (tertiary/aromatic N) is 3. The molecule has 0 spiro atoms. The Balaban J connectivity index is 1.95. The van der Waals surface area contributed by atoms with Gasteiger partial charge >= 0.3 is 0 Å². The molecule has 1 N–H and O–H groups in total. The van der Waals surface area contributed by atoms with E-state index in [1.807, 2.05) is 57.2 Å². The number of hydrogen-bond acceptors (Lipinski definition) is 4. The number of aromatic nitrogens is 2. The van der Waals surface area contributed by atoms with E-state index >= 15 is 0 Å². The van der Waals surface area contributed by atoms with Gasteiger partial charge in [-0.25, -0.2) is 4.68 Å². The summed E-state index contributed by atoms with van der Waals surface area (Å²) in [6, 6.07) is 15.3. The van der Waals surface area contributed by atoms with Crippen LogP contribution < -0.4 is 5.32 Å². The molecule has 3 rings (SSSR count). The fourth-order valence-corrected chi connectivity index (χ4v) is 2.95. The first-order valence-corrected chi connectivity index (χ1v) is 9.40. The molecule has 3 aromatic rings. The van der Waals surface area contributed by atoms with E-state index in [1.54, 1.807) is 4.68 Å². The fourth-order valence-electron chi connectivity index (χ4n) is 2.75. The number of nitro groups is 1. The van der Waals surface area contributed by atoms with Gasteiger partial charge in [-0.1, -0.05) is 62.7 Å². The summed E-state index contributed by atoms with van der Waals surface area (Å²) in [5, 5.41) is 18.6. The number of benzene rings is 2. The predicted molar refractivity (Wildman–Crippen MR) is 113 cm³/mol. The van der Waals surface area contributed by atoms with Crippen LogP contribution in [0.25, 0.3) is 0 Å². The van der Waals surface area contributed by atoms with Crippen molar-refractivity contribution in [2.45, 2.75) is 32.7 Å². The molecular formula is C21H21ClN4O3. The topological polar surface area (TPSA) is 90.1 Å². The zero-order valence-corrected chi connectivity index (χ0v) is 17.1. The van der Waals surface area contributed by atoms with Crippen molar-refractivity contribution in [2.75, 3.05) is 5.32 Å². The molecule has 0 fully saturated rings. The van der Waals surface area contributed by atoms with Gasteiger partial charge in [-0.2, -0.15) is 5.10 Å². The first-order chi connectivity index (χ1) is 13.6. The van der Waals surface area contributed by atoms with E-state index in [4.69, 9.17) is 11.6 Å². The van der Waals surface area contributed by atoms with E-state index in [-0.39, 0.29) is 21.7 Å². The minimum atomic E-state index is -0.565. The van der Waals surface area contributed by atoms with Crippen LogP contribution in [0.15, 0.2) is 54.6 Å². The summed E-state index contributed by atoms with van der Waals surface area (Å²) in [4.78, 5) is 23.3. The summed E-state index contributed by atoms with van der Waals surface area (Å²) in [5.74, 6) is -0.0419. The standard InChI is InChI=1S/C21H21ClN4O3/c1-21(2,3)18-12-19(25(24-18)13-14-7-5-4-6-8-14)23-20(27)16-11-15(26(28)29)9-10-17(16)22/h4-12H,13H2,1-3H3,(H,23,27). The summed E-state index contributed by atoms with van der Waals surface area (Å²) in [6.45, 7) is 6.57. The Morgan fingerprint density at radius 2 is 1.86 bits per heavy atom. The number of amides is 1. The lowest BCUT2D eigenvalue weighted by Crippen LogP contribution is -2.17. The van der Waals surface area contributed by atoms with Gasteiger partial charge in [0.05, 0.1) is 27.7 Å². The zero-order valence-electron chi connectivity index (χ0n) is 16.3. The number of anilines is 1. The molecule has 0 atom stereocenters. The Hall–Kier alpha value is -3.19. The number of rotatable bonds is 5. The summed E-state index contributed by atoms with van der Waals surface area (Å²) >= 11 is 6.10. The molecule has 8 heteroatoms. The second kappa shape index (κ2) is 8.05. The van der Waals surface area contributed by atoms with E-state index in [9.17, 15) is 14.9 Å². The lowest BCUT2D eigenvalue weighted by molar-refractivity contribution is -0.384. The lowest BCUT2D eigenvalue weighted by Gasteiger charge is -2.14. The van der Waals surface area contributed by atoms with E-state index in [0.29, 0.717) is 12.4 Å². The third kappa shape index (κ3) is 4.81. The molecule has 0 saturated carbocycles. The number of carbonyl (C=O) groups excluding carboxylic acids is 1. The minimum Gasteiger partial charge on any atom is -0.307 e. The van der Waals surface area contributed by atoms with Gasteiger partial charge in [0.25, 0.3) is 11.6 Å². The molecule has 2 aromatic carbocycles. The van der Waals surface area contributed by atoms with Crippen LogP contribution in [0.1, 0.15) is 42.4 Å². The first-order valence-electron chi connectivity index (χ1n) is 9.02. The maximum atomic E-state index is 12.8. The van der Waals surface area contributed by atoms with Crippen LogP contribution in [0.5, 0.6) is 0 Å². The van der Waals surface area contributed by atoms with Crippen molar-refractivity contribution >= 4 is 29.0 Å². The molecule has 7 nitrogen and oxygen atoms in total. The average Bonchev–Trinajstić information content (AvgIpc) is 3.05. The van der Waals surface area contributed by atoms with Crippen molar-refractivity contribution in [1.82, 2.24) is 9.78 Å². The molecule has 1 heterocycles. The average molecular weight is 413 g/mol. The molecule has 1 amide bonds. The van der Waals surface area contributed by atoms with Gasteiger partial charge in [-0.15, -0.1) is 0 Å². The highest BCUT2D eigenvalue weighted by Crippen LogP contribution is 2.27. The second-order valence-corrected chi connectivity index (χ2v) is 8.09. The largest absolute Gasteiger partial charge is 0.307 e. The van der Waals surface area contributed by atoms with Crippen molar-refractivity contribution in [3.8, 4) is 0 Å². The van der Waals surface area contributed by atoms with Gasteiger partial charge in [0.2, 0.25) is 0 Å². The highest BCUT2D eigenvalue weighted by Gasteiger charge is 2.22. The van der Waals surface area contributed by atoms with Gasteiger partial charge in [0.1, 0.15) is 5.82 Å². The van der Waals surface area contributed by atoms with Crippen LogP contribution in [0.3, 0.4) is 0 Å². The Bertz CT molecular complexity index is 1060. The fraction of sp³-hybridized carbons (Fsp3) is 0.238. The van der Waals surface area contributed by atoms with Crippen molar-refractivity contribution < 1.29 is 9.72 Å². The quantitative estimate of drug-likeness (QED) is 0.469. The molecule has 0 aliphatic carbocycles. The molecule has 29 heavy (non-hydrogen) atoms. The smallest absolute Gasteiger partial charge is 0.270 e. The third-order valence-corrected chi connectivity index (χ3v) is 4.70. The number of non-ortho nitro benzene ring substituents is 1. The molecule has 0 saturated heterocycles. The lowest BCUT2D eigenvalue weighted by atomic mass is 9.92. The van der Waals surface area contributed by atoms with Gasteiger partial charge in [-0.3, -0.25) is 14.9 Å². The zero-order chi connectivity index (χ0) is 21.2. The molecule has 0 radical (unpaired) electrons. The summed E-state index contributed by atoms with van der Waals surface area (Å²) in [5.41, 5.74) is 1.46. The van der Waals surface area contributed by atoms with E-state index in [0.717, 1.165) is 11.3 Å². The van der Waals surface area contributed by atoms with Crippen molar-refractivity contribution in [2.24, 2.45) is 0 Å². The van der Waals surface area contributed by atoms with E-state index in [1.165, 1.54) is 18.2 Å². The van der Waals surface area contributed by atoms with Crippen LogP contribution in [-0.4, -0.2) is 20.6 Å². The second-order valence-electron chi connectivity index (χ2n) is 7.68. The van der Waals surface area contributed by atoms with Crippen LogP contribution in [0.4, 0.5) is 11.5 Å². The normalized spacial score (nSPS) is 11.3. The Morgan fingerprint density at radius 3 is 2.48 bits per heavy atom. The molecule has 0 bridgehead atoms. The highest BCUT2D eigenvalue weighted by molar-refractivity contribution is 6.34. The molecule has 0 aliphatic rings. The van der Waals surface area contributed by atoms with Gasteiger partial charge in [0, 0.05) is 23.6 Å². The number of halogens is 1. The van der Waals surface area contributed by atoms with Crippen LogP contribution in [-0.2, 0) is 12.0 Å². The van der Waals surface area contributed by atoms with Gasteiger partial charge in [-0.05, 0) is 11.6 Å². The third-order valence-electron chi connectivity index (χ3n) is 4.37. The summed E-state index contributed by atoms with van der Waals surface area (Å²) < 4.78 is 1.71. The van der Waals surface area contributed by atoms with E-state index < -0.39 is 10.8 Å². The Labute approximate surface area is 173 Å². The van der Waals surface area contributed by atoms with Crippen molar-refractivity contribution in [3.63, 3.8) is 0 Å². The molecular weight excluding hydrogens is 392 g/mol. The Morgan fingerprint density at radius 1 is 1.17 bits per heavy atom. The highest BCUT2D eigenvalue weighted by atomic mass is 35.5.